The first-order chi connectivity index (χ1) is 12.4. The minimum absolute atomic E-state index is 0.150. The average molecular weight is 367 g/mol. The largest absolute Gasteiger partial charge is 0.349 e. The van der Waals surface area contributed by atoms with E-state index >= 15 is 0 Å². The highest BCUT2D eigenvalue weighted by molar-refractivity contribution is 7.22. The molecule has 0 saturated carbocycles. The molecular formula is C20H21N3O2S. The quantitative estimate of drug-likeness (QED) is 0.713. The second-order valence-corrected chi connectivity index (χ2v) is 7.31. The molecule has 1 aromatic heterocycles. The van der Waals surface area contributed by atoms with E-state index in [0.29, 0.717) is 5.13 Å². The van der Waals surface area contributed by atoms with Crippen LogP contribution in [0.5, 0.6) is 0 Å². The fourth-order valence-corrected chi connectivity index (χ4v) is 3.88. The highest BCUT2D eigenvalue weighted by atomic mass is 32.1. The van der Waals surface area contributed by atoms with Crippen LogP contribution in [-0.4, -0.2) is 16.8 Å². The summed E-state index contributed by atoms with van der Waals surface area (Å²) in [6, 6.07) is 13.2. The van der Waals surface area contributed by atoms with E-state index in [-0.39, 0.29) is 24.3 Å². The normalized spacial score (nSPS) is 12.0. The molecule has 134 valence electrons. The topological polar surface area (TPSA) is 71.1 Å². The van der Waals surface area contributed by atoms with E-state index in [1.807, 2.05) is 50.2 Å². The number of fused-ring (bicyclic) bond motifs is 1. The van der Waals surface area contributed by atoms with Crippen LogP contribution in [0, 0.1) is 13.8 Å². The number of thiazole rings is 1. The summed E-state index contributed by atoms with van der Waals surface area (Å²) < 4.78 is 1.08. The molecule has 0 radical (unpaired) electrons. The number of carbonyl (C=O) groups is 2. The highest BCUT2D eigenvalue weighted by Crippen LogP contribution is 2.31. The first-order valence-electron chi connectivity index (χ1n) is 8.42. The Hall–Kier alpha value is -2.73. The number of rotatable bonds is 5. The van der Waals surface area contributed by atoms with Gasteiger partial charge < -0.3 is 10.6 Å². The van der Waals surface area contributed by atoms with Crippen molar-refractivity contribution in [1.82, 2.24) is 10.3 Å². The van der Waals surface area contributed by atoms with Gasteiger partial charge in [-0.1, -0.05) is 53.8 Å². The molecule has 0 aliphatic rings. The summed E-state index contributed by atoms with van der Waals surface area (Å²) >= 11 is 1.47. The monoisotopic (exact) mass is 367 g/mol. The molecule has 0 bridgehead atoms. The molecule has 5 nitrogen and oxygen atoms in total. The van der Waals surface area contributed by atoms with Gasteiger partial charge in [0.15, 0.2) is 5.13 Å². The van der Waals surface area contributed by atoms with Crippen LogP contribution in [0.15, 0.2) is 42.5 Å². The van der Waals surface area contributed by atoms with Crippen molar-refractivity contribution in [1.29, 1.82) is 0 Å². The van der Waals surface area contributed by atoms with Crippen LogP contribution >= 0.6 is 11.3 Å². The lowest BCUT2D eigenvalue weighted by Gasteiger charge is -2.17. The van der Waals surface area contributed by atoms with Gasteiger partial charge in [0.05, 0.1) is 22.7 Å². The number of nitrogens with one attached hydrogen (secondary N) is 2. The molecule has 3 aromatic rings. The van der Waals surface area contributed by atoms with Gasteiger partial charge >= 0.3 is 0 Å². The van der Waals surface area contributed by atoms with Crippen LogP contribution in [0.25, 0.3) is 10.2 Å². The lowest BCUT2D eigenvalue weighted by atomic mass is 10.0. The van der Waals surface area contributed by atoms with Gasteiger partial charge in [-0.05, 0) is 30.5 Å². The van der Waals surface area contributed by atoms with Gasteiger partial charge in [-0.3, -0.25) is 9.59 Å². The summed E-state index contributed by atoms with van der Waals surface area (Å²) in [5.74, 6) is -0.347. The van der Waals surface area contributed by atoms with Crippen molar-refractivity contribution in [2.45, 2.75) is 33.2 Å². The summed E-state index contributed by atoms with van der Waals surface area (Å²) in [6.07, 6.45) is 0.150. The van der Waals surface area contributed by atoms with Crippen molar-refractivity contribution in [3.63, 3.8) is 0 Å². The molecule has 0 saturated heterocycles. The molecule has 6 heteroatoms. The summed E-state index contributed by atoms with van der Waals surface area (Å²) in [6.45, 7) is 5.50. The summed E-state index contributed by atoms with van der Waals surface area (Å²) in [5.41, 5.74) is 4.05. The van der Waals surface area contributed by atoms with Gasteiger partial charge in [-0.2, -0.15) is 0 Å². The predicted octanol–water partition coefficient (Wildman–Crippen LogP) is 4.12. The molecule has 0 fully saturated rings. The van der Waals surface area contributed by atoms with Crippen LogP contribution in [0.2, 0.25) is 0 Å². The van der Waals surface area contributed by atoms with E-state index in [2.05, 4.69) is 21.7 Å². The third-order valence-corrected chi connectivity index (χ3v) is 5.26. The molecule has 2 N–H and O–H groups in total. The Morgan fingerprint density at radius 2 is 1.77 bits per heavy atom. The van der Waals surface area contributed by atoms with Crippen LogP contribution in [0.3, 0.4) is 0 Å². The maximum Gasteiger partial charge on any atom is 0.228 e. The zero-order valence-corrected chi connectivity index (χ0v) is 15.8. The Kier molecular flexibility index (Phi) is 5.32. The van der Waals surface area contributed by atoms with Crippen LogP contribution in [0.4, 0.5) is 5.13 Å². The summed E-state index contributed by atoms with van der Waals surface area (Å²) in [7, 11) is 0. The number of benzene rings is 2. The molecule has 2 amide bonds. The van der Waals surface area contributed by atoms with Crippen LogP contribution in [0.1, 0.15) is 36.1 Å². The molecule has 26 heavy (non-hydrogen) atoms. The van der Waals surface area contributed by atoms with Crippen molar-refractivity contribution in [2.24, 2.45) is 0 Å². The number of hydrogen-bond donors (Lipinski definition) is 2. The molecule has 0 aliphatic carbocycles. The Morgan fingerprint density at radius 3 is 2.42 bits per heavy atom. The van der Waals surface area contributed by atoms with Crippen LogP contribution < -0.4 is 10.6 Å². The smallest absolute Gasteiger partial charge is 0.228 e. The molecule has 1 atom stereocenters. The van der Waals surface area contributed by atoms with Crippen molar-refractivity contribution < 1.29 is 9.59 Å². The van der Waals surface area contributed by atoms with Gasteiger partial charge in [-0.25, -0.2) is 4.98 Å². The predicted molar refractivity (Wildman–Crippen MR) is 105 cm³/mol. The SMILES string of the molecule is CC(=O)NC(CC(=O)Nc1nc2c(C)ccc(C)c2s1)c1ccccc1. The number of carbonyl (C=O) groups excluding carboxylic acids is 2. The number of amides is 2. The molecule has 1 unspecified atom stereocenters. The lowest BCUT2D eigenvalue weighted by Crippen LogP contribution is -2.29. The second-order valence-electron chi connectivity index (χ2n) is 6.31. The number of aromatic nitrogens is 1. The standard InChI is InChI=1S/C20H21N3O2S/c1-12-9-10-13(2)19-18(12)23-20(26-19)22-17(25)11-16(21-14(3)24)15-7-5-4-6-8-15/h4-10,16H,11H2,1-3H3,(H,21,24)(H,22,23,25). The number of aryl methyl sites for hydroxylation is 2. The van der Waals surface area contributed by atoms with Gasteiger partial charge in [0, 0.05) is 6.92 Å². The third-order valence-electron chi connectivity index (χ3n) is 4.16. The molecule has 0 spiro atoms. The fraction of sp³-hybridized carbons (Fsp3) is 0.250. The van der Waals surface area contributed by atoms with Gasteiger partial charge in [0.2, 0.25) is 11.8 Å². The lowest BCUT2D eigenvalue weighted by molar-refractivity contribution is -0.120. The first-order valence-corrected chi connectivity index (χ1v) is 9.24. The zero-order chi connectivity index (χ0) is 18.7. The van der Waals surface area contributed by atoms with E-state index in [9.17, 15) is 9.59 Å². The zero-order valence-electron chi connectivity index (χ0n) is 15.0. The minimum Gasteiger partial charge on any atom is -0.349 e. The Morgan fingerprint density at radius 1 is 1.08 bits per heavy atom. The Balaban J connectivity index is 1.77. The van der Waals surface area contributed by atoms with Crippen molar-refractivity contribution in [3.05, 3.63) is 59.2 Å². The molecule has 2 aromatic carbocycles. The van der Waals surface area contributed by atoms with E-state index in [0.717, 1.165) is 26.9 Å². The van der Waals surface area contributed by atoms with Crippen molar-refractivity contribution >= 4 is 38.5 Å². The van der Waals surface area contributed by atoms with E-state index in [1.54, 1.807) is 0 Å². The number of anilines is 1. The summed E-state index contributed by atoms with van der Waals surface area (Å²) in [5, 5.41) is 6.30. The third kappa shape index (κ3) is 4.08. The Bertz CT molecular complexity index is 911. The summed E-state index contributed by atoms with van der Waals surface area (Å²) in [4.78, 5) is 28.6. The van der Waals surface area contributed by atoms with Crippen LogP contribution in [-0.2, 0) is 9.59 Å². The first kappa shape index (κ1) is 18.1. The number of hydrogen-bond acceptors (Lipinski definition) is 4. The number of nitrogens with zero attached hydrogens (tertiary/aromatic N) is 1. The highest BCUT2D eigenvalue weighted by Gasteiger charge is 2.18. The van der Waals surface area contributed by atoms with E-state index in [1.165, 1.54) is 18.3 Å². The van der Waals surface area contributed by atoms with Gasteiger partial charge in [-0.15, -0.1) is 0 Å². The van der Waals surface area contributed by atoms with E-state index in [4.69, 9.17) is 0 Å². The molecule has 3 rings (SSSR count). The molecule has 0 aliphatic heterocycles. The maximum absolute atomic E-state index is 12.5. The minimum atomic E-state index is -0.369. The van der Waals surface area contributed by atoms with Gasteiger partial charge in [0.25, 0.3) is 0 Å². The van der Waals surface area contributed by atoms with Crippen molar-refractivity contribution in [2.75, 3.05) is 5.32 Å². The molecule has 1 heterocycles. The maximum atomic E-state index is 12.5. The van der Waals surface area contributed by atoms with Gasteiger partial charge in [0.1, 0.15) is 0 Å². The fourth-order valence-electron chi connectivity index (χ4n) is 2.85. The Labute approximate surface area is 156 Å². The second kappa shape index (κ2) is 7.66. The van der Waals surface area contributed by atoms with E-state index < -0.39 is 0 Å². The molecular weight excluding hydrogens is 346 g/mol. The average Bonchev–Trinajstić information content (AvgIpc) is 3.03. The van der Waals surface area contributed by atoms with Crippen molar-refractivity contribution in [3.8, 4) is 0 Å².